The minimum Gasteiger partial charge on any atom is -0.336 e. The van der Waals surface area contributed by atoms with Crippen LogP contribution in [0.3, 0.4) is 0 Å². The zero-order chi connectivity index (χ0) is 15.4. The first-order valence-corrected chi connectivity index (χ1v) is 9.23. The fraction of sp³-hybridized carbons (Fsp3) is 0.375. The molecule has 1 aromatic carbocycles. The SMILES string of the molecule is Cc1nc(CSc2ccccc2C(=O)N2CCNCC2)cs1. The van der Waals surface area contributed by atoms with Crippen molar-refractivity contribution in [3.8, 4) is 0 Å². The molecular weight excluding hydrogens is 314 g/mol. The van der Waals surface area contributed by atoms with Gasteiger partial charge in [0.2, 0.25) is 0 Å². The molecule has 2 aromatic rings. The van der Waals surface area contributed by atoms with Gasteiger partial charge in [0.1, 0.15) is 0 Å². The van der Waals surface area contributed by atoms with E-state index < -0.39 is 0 Å². The van der Waals surface area contributed by atoms with Crippen LogP contribution in [0.5, 0.6) is 0 Å². The fourth-order valence-corrected chi connectivity index (χ4v) is 4.09. The number of aromatic nitrogens is 1. The molecule has 6 heteroatoms. The summed E-state index contributed by atoms with van der Waals surface area (Å²) in [7, 11) is 0. The van der Waals surface area contributed by atoms with Gasteiger partial charge in [-0.3, -0.25) is 4.79 Å². The van der Waals surface area contributed by atoms with Gasteiger partial charge in [-0.2, -0.15) is 0 Å². The number of benzene rings is 1. The van der Waals surface area contributed by atoms with Crippen LogP contribution in [-0.4, -0.2) is 42.0 Å². The molecule has 4 nitrogen and oxygen atoms in total. The van der Waals surface area contributed by atoms with Gasteiger partial charge < -0.3 is 10.2 Å². The Labute approximate surface area is 138 Å². The predicted octanol–water partition coefficient (Wildman–Crippen LogP) is 2.79. The Morgan fingerprint density at radius 2 is 2.14 bits per heavy atom. The Kier molecular flexibility index (Phi) is 5.12. The molecule has 2 heterocycles. The summed E-state index contributed by atoms with van der Waals surface area (Å²) in [6, 6.07) is 7.88. The monoisotopic (exact) mass is 333 g/mol. The lowest BCUT2D eigenvalue weighted by atomic mass is 10.2. The van der Waals surface area contributed by atoms with Crippen LogP contribution in [0.4, 0.5) is 0 Å². The molecule has 0 spiro atoms. The number of nitrogens with one attached hydrogen (secondary N) is 1. The first-order valence-electron chi connectivity index (χ1n) is 7.37. The average molecular weight is 333 g/mol. The van der Waals surface area contributed by atoms with Crippen molar-refractivity contribution in [1.29, 1.82) is 0 Å². The van der Waals surface area contributed by atoms with Gasteiger partial charge in [-0.15, -0.1) is 23.1 Å². The molecule has 116 valence electrons. The molecule has 1 aromatic heterocycles. The lowest BCUT2D eigenvalue weighted by Gasteiger charge is -2.28. The van der Waals surface area contributed by atoms with E-state index in [-0.39, 0.29) is 5.91 Å². The van der Waals surface area contributed by atoms with Crippen molar-refractivity contribution in [3.63, 3.8) is 0 Å². The summed E-state index contributed by atoms with van der Waals surface area (Å²) in [6.07, 6.45) is 0. The predicted molar refractivity (Wildman–Crippen MR) is 91.6 cm³/mol. The Morgan fingerprint density at radius 3 is 2.86 bits per heavy atom. The third-order valence-corrected chi connectivity index (χ3v) is 5.49. The third kappa shape index (κ3) is 3.69. The molecule has 0 saturated carbocycles. The number of carbonyl (C=O) groups excluding carboxylic acids is 1. The zero-order valence-electron chi connectivity index (χ0n) is 12.5. The van der Waals surface area contributed by atoms with Crippen LogP contribution in [0.15, 0.2) is 34.5 Å². The molecule has 1 amide bonds. The molecule has 1 N–H and O–H groups in total. The van der Waals surface area contributed by atoms with E-state index in [1.54, 1.807) is 23.1 Å². The molecule has 1 fully saturated rings. The normalized spacial score (nSPS) is 15.0. The van der Waals surface area contributed by atoms with E-state index in [2.05, 4.69) is 15.7 Å². The highest BCUT2D eigenvalue weighted by Crippen LogP contribution is 2.27. The molecule has 0 bridgehead atoms. The largest absolute Gasteiger partial charge is 0.336 e. The van der Waals surface area contributed by atoms with Crippen LogP contribution in [-0.2, 0) is 5.75 Å². The minimum absolute atomic E-state index is 0.138. The standard InChI is InChI=1S/C16H19N3OS2/c1-12-18-13(10-21-12)11-22-15-5-3-2-4-14(15)16(20)19-8-6-17-7-9-19/h2-5,10,17H,6-9,11H2,1H3. The van der Waals surface area contributed by atoms with Crippen molar-refractivity contribution < 1.29 is 4.79 Å². The van der Waals surface area contributed by atoms with E-state index in [9.17, 15) is 4.79 Å². The highest BCUT2D eigenvalue weighted by molar-refractivity contribution is 7.98. The van der Waals surface area contributed by atoms with E-state index >= 15 is 0 Å². The quantitative estimate of drug-likeness (QED) is 0.874. The molecule has 1 saturated heterocycles. The number of hydrogen-bond donors (Lipinski definition) is 1. The fourth-order valence-electron chi connectivity index (χ4n) is 2.43. The first-order chi connectivity index (χ1) is 10.7. The van der Waals surface area contributed by atoms with Gasteiger partial charge in [-0.05, 0) is 19.1 Å². The summed E-state index contributed by atoms with van der Waals surface area (Å²) in [5, 5.41) is 6.45. The van der Waals surface area contributed by atoms with Crippen molar-refractivity contribution in [1.82, 2.24) is 15.2 Å². The van der Waals surface area contributed by atoms with E-state index in [4.69, 9.17) is 0 Å². The zero-order valence-corrected chi connectivity index (χ0v) is 14.2. The molecule has 22 heavy (non-hydrogen) atoms. The van der Waals surface area contributed by atoms with E-state index in [1.807, 2.05) is 36.1 Å². The average Bonchev–Trinajstić information content (AvgIpc) is 2.99. The van der Waals surface area contributed by atoms with Crippen molar-refractivity contribution in [3.05, 3.63) is 45.9 Å². The van der Waals surface area contributed by atoms with Crippen molar-refractivity contribution in [2.45, 2.75) is 17.6 Å². The van der Waals surface area contributed by atoms with Gasteiger partial charge in [-0.25, -0.2) is 4.98 Å². The Morgan fingerprint density at radius 1 is 1.36 bits per heavy atom. The lowest BCUT2D eigenvalue weighted by molar-refractivity contribution is 0.0732. The Hall–Kier alpha value is -1.37. The lowest BCUT2D eigenvalue weighted by Crippen LogP contribution is -2.46. The highest BCUT2D eigenvalue weighted by atomic mass is 32.2. The summed E-state index contributed by atoms with van der Waals surface area (Å²) >= 11 is 3.35. The minimum atomic E-state index is 0.138. The van der Waals surface area contributed by atoms with Crippen LogP contribution >= 0.6 is 23.1 Å². The molecule has 0 radical (unpaired) electrons. The van der Waals surface area contributed by atoms with Gasteiger partial charge >= 0.3 is 0 Å². The van der Waals surface area contributed by atoms with Crippen LogP contribution in [0.2, 0.25) is 0 Å². The maximum atomic E-state index is 12.7. The van der Waals surface area contributed by atoms with Gasteiger partial charge in [0, 0.05) is 42.2 Å². The number of thioether (sulfide) groups is 1. The van der Waals surface area contributed by atoms with Gasteiger partial charge in [0.05, 0.1) is 16.3 Å². The molecule has 0 aliphatic carbocycles. The summed E-state index contributed by atoms with van der Waals surface area (Å²) in [5.74, 6) is 0.940. The highest BCUT2D eigenvalue weighted by Gasteiger charge is 2.20. The van der Waals surface area contributed by atoms with Crippen molar-refractivity contribution in [2.75, 3.05) is 26.2 Å². The van der Waals surface area contributed by atoms with Gasteiger partial charge in [0.25, 0.3) is 5.91 Å². The van der Waals surface area contributed by atoms with Crippen molar-refractivity contribution in [2.24, 2.45) is 0 Å². The molecule has 1 aliphatic rings. The Bertz CT molecular complexity index is 650. The molecule has 0 unspecified atom stereocenters. The second kappa shape index (κ2) is 7.26. The molecule has 0 atom stereocenters. The maximum Gasteiger partial charge on any atom is 0.255 e. The first kappa shape index (κ1) is 15.5. The van der Waals surface area contributed by atoms with E-state index in [1.165, 1.54) is 0 Å². The maximum absolute atomic E-state index is 12.7. The van der Waals surface area contributed by atoms with Crippen LogP contribution in [0.25, 0.3) is 0 Å². The van der Waals surface area contributed by atoms with Gasteiger partial charge in [0.15, 0.2) is 0 Å². The van der Waals surface area contributed by atoms with Crippen LogP contribution < -0.4 is 5.32 Å². The van der Waals surface area contributed by atoms with E-state index in [0.29, 0.717) is 0 Å². The summed E-state index contributed by atoms with van der Waals surface area (Å²) in [5.41, 5.74) is 1.89. The number of rotatable bonds is 4. The second-order valence-electron chi connectivity index (χ2n) is 5.18. The van der Waals surface area contributed by atoms with Crippen LogP contribution in [0.1, 0.15) is 21.1 Å². The number of nitrogens with zero attached hydrogens (tertiary/aromatic N) is 2. The van der Waals surface area contributed by atoms with Gasteiger partial charge in [-0.1, -0.05) is 12.1 Å². The third-order valence-electron chi connectivity index (χ3n) is 3.56. The molecule has 1 aliphatic heterocycles. The number of hydrogen-bond acceptors (Lipinski definition) is 5. The number of thiazole rings is 1. The van der Waals surface area contributed by atoms with Crippen molar-refractivity contribution >= 4 is 29.0 Å². The number of carbonyl (C=O) groups is 1. The van der Waals surface area contributed by atoms with E-state index in [0.717, 1.165) is 53.1 Å². The Balaban J connectivity index is 1.72. The summed E-state index contributed by atoms with van der Waals surface area (Å²) < 4.78 is 0. The summed E-state index contributed by atoms with van der Waals surface area (Å²) in [4.78, 5) is 20.2. The topological polar surface area (TPSA) is 45.2 Å². The summed E-state index contributed by atoms with van der Waals surface area (Å²) in [6.45, 7) is 5.32. The second-order valence-corrected chi connectivity index (χ2v) is 7.26. The number of piperazine rings is 1. The van der Waals surface area contributed by atoms with Crippen LogP contribution in [0, 0.1) is 6.92 Å². The smallest absolute Gasteiger partial charge is 0.255 e. The molecular formula is C16H19N3OS2. The number of aryl methyl sites for hydroxylation is 1. The molecule has 3 rings (SSSR count). The number of amides is 1.